The van der Waals surface area contributed by atoms with Crippen LogP contribution in [0, 0.1) is 0 Å². The van der Waals surface area contributed by atoms with E-state index >= 15 is 0 Å². The van der Waals surface area contributed by atoms with E-state index < -0.39 is 17.7 Å². The van der Waals surface area contributed by atoms with Gasteiger partial charge in [0, 0.05) is 49.7 Å². The van der Waals surface area contributed by atoms with Crippen LogP contribution in [0.15, 0.2) is 53.8 Å². The van der Waals surface area contributed by atoms with E-state index in [9.17, 15) is 13.6 Å². The number of nitrogens with one attached hydrogen (secondary N) is 1. The molecule has 3 aromatic rings. The third kappa shape index (κ3) is 3.95. The van der Waals surface area contributed by atoms with Gasteiger partial charge >= 0.3 is 0 Å². The van der Waals surface area contributed by atoms with Crippen molar-refractivity contribution in [2.24, 2.45) is 0 Å². The molecular formula is C19H19F2N5O. The Morgan fingerprint density at radius 1 is 1.30 bits per heavy atom. The lowest BCUT2D eigenvalue weighted by Gasteiger charge is -2.17. The second-order valence-electron chi connectivity index (χ2n) is 6.71. The smallest absolute Gasteiger partial charge is 0.280 e. The zero-order chi connectivity index (χ0) is 18.8. The highest BCUT2D eigenvalue weighted by molar-refractivity contribution is 5.56. The molecule has 0 amide bonds. The molecular weight excluding hydrogens is 352 g/mol. The van der Waals surface area contributed by atoms with Gasteiger partial charge in [0.25, 0.3) is 12.0 Å². The zero-order valence-electron chi connectivity index (χ0n) is 14.6. The molecule has 6 nitrogen and oxygen atoms in total. The molecule has 140 valence electrons. The van der Waals surface area contributed by atoms with E-state index in [1.54, 1.807) is 12.3 Å². The largest absolute Gasteiger partial charge is 0.333 e. The van der Waals surface area contributed by atoms with Gasteiger partial charge in [-0.05, 0) is 18.1 Å². The Kier molecular flexibility index (Phi) is 4.81. The van der Waals surface area contributed by atoms with Crippen LogP contribution in [0.5, 0.6) is 0 Å². The normalized spacial score (nSPS) is 17.7. The summed E-state index contributed by atoms with van der Waals surface area (Å²) in [6, 6.07) is 8.73. The van der Waals surface area contributed by atoms with Gasteiger partial charge in [0.1, 0.15) is 11.5 Å². The monoisotopic (exact) mass is 371 g/mol. The zero-order valence-corrected chi connectivity index (χ0v) is 14.6. The number of nitrogens with zero attached hydrogens (tertiary/aromatic N) is 4. The molecule has 3 heterocycles. The van der Waals surface area contributed by atoms with Crippen LogP contribution in [0.3, 0.4) is 0 Å². The van der Waals surface area contributed by atoms with E-state index in [1.807, 2.05) is 30.7 Å². The van der Waals surface area contributed by atoms with Gasteiger partial charge < -0.3 is 9.55 Å². The number of aromatic nitrogens is 4. The molecule has 1 atom stereocenters. The average molecular weight is 371 g/mol. The number of imidazole rings is 1. The summed E-state index contributed by atoms with van der Waals surface area (Å²) in [5.41, 5.74) is 0.576. The van der Waals surface area contributed by atoms with E-state index in [0.29, 0.717) is 11.6 Å². The first-order chi connectivity index (χ1) is 13.1. The highest BCUT2D eigenvalue weighted by Crippen LogP contribution is 2.24. The summed E-state index contributed by atoms with van der Waals surface area (Å²) >= 11 is 0. The lowest BCUT2D eigenvalue weighted by atomic mass is 10.1. The molecule has 8 heteroatoms. The molecule has 2 aromatic heterocycles. The molecule has 1 saturated heterocycles. The summed E-state index contributed by atoms with van der Waals surface area (Å²) in [5.74, 6) is 0.164. The summed E-state index contributed by atoms with van der Waals surface area (Å²) in [4.78, 5) is 24.5. The van der Waals surface area contributed by atoms with Crippen LogP contribution < -0.4 is 5.56 Å². The van der Waals surface area contributed by atoms with E-state index in [-0.39, 0.29) is 5.82 Å². The molecule has 0 radical (unpaired) electrons. The van der Waals surface area contributed by atoms with Crippen LogP contribution in [-0.2, 0) is 6.54 Å². The lowest BCUT2D eigenvalue weighted by molar-refractivity contribution is 0.146. The Morgan fingerprint density at radius 2 is 2.19 bits per heavy atom. The summed E-state index contributed by atoms with van der Waals surface area (Å²) < 4.78 is 28.0. The number of alkyl halides is 2. The number of aromatic amines is 1. The van der Waals surface area contributed by atoms with Crippen molar-refractivity contribution in [3.05, 3.63) is 70.7 Å². The van der Waals surface area contributed by atoms with E-state index in [4.69, 9.17) is 0 Å². The third-order valence-corrected chi connectivity index (χ3v) is 4.79. The Hall–Kier alpha value is -2.87. The quantitative estimate of drug-likeness (QED) is 0.749. The molecule has 4 rings (SSSR count). The highest BCUT2D eigenvalue weighted by atomic mass is 19.3. The standard InChI is InChI=1S/C19H19F2N5O/c20-18(21)16-9-17(27)24-19(23-16)14-3-1-2-13(8-14)10-25-6-4-15(11-25)26-7-5-22-12-26/h1-3,5,7-9,12,15,18H,4,6,10-11H2,(H,23,24,27)/t15-/m1/s1. The predicted octanol–water partition coefficient (Wildman–Crippen LogP) is 3.02. The van der Waals surface area contributed by atoms with E-state index in [1.165, 1.54) is 0 Å². The molecule has 0 bridgehead atoms. The minimum absolute atomic E-state index is 0.164. The fourth-order valence-corrected chi connectivity index (χ4v) is 3.48. The number of likely N-dealkylation sites (tertiary alicyclic amines) is 1. The number of halogens is 2. The molecule has 1 fully saturated rings. The Labute approximate surface area is 154 Å². The van der Waals surface area contributed by atoms with Crippen molar-refractivity contribution in [3.8, 4) is 11.4 Å². The average Bonchev–Trinajstić information content (AvgIpc) is 3.33. The van der Waals surface area contributed by atoms with Gasteiger partial charge in [-0.15, -0.1) is 0 Å². The Bertz CT molecular complexity index is 970. The van der Waals surface area contributed by atoms with Crippen LogP contribution >= 0.6 is 0 Å². The van der Waals surface area contributed by atoms with Crippen LogP contribution in [0.1, 0.15) is 30.1 Å². The molecule has 1 aromatic carbocycles. The predicted molar refractivity (Wildman–Crippen MR) is 96.4 cm³/mol. The second-order valence-corrected chi connectivity index (χ2v) is 6.71. The van der Waals surface area contributed by atoms with Gasteiger partial charge in [0.15, 0.2) is 0 Å². The molecule has 0 saturated carbocycles. The van der Waals surface area contributed by atoms with Crippen LogP contribution in [0.25, 0.3) is 11.4 Å². The SMILES string of the molecule is O=c1cc(C(F)F)nc(-c2cccc(CN3CC[C@@H](n4ccnc4)C3)c2)[nH]1. The van der Waals surface area contributed by atoms with Crippen molar-refractivity contribution >= 4 is 0 Å². The van der Waals surface area contributed by atoms with Crippen molar-refractivity contribution in [2.45, 2.75) is 25.4 Å². The van der Waals surface area contributed by atoms with Crippen molar-refractivity contribution < 1.29 is 8.78 Å². The Balaban J connectivity index is 1.51. The minimum Gasteiger partial charge on any atom is -0.333 e. The summed E-state index contributed by atoms with van der Waals surface area (Å²) in [6.45, 7) is 2.65. The minimum atomic E-state index is -2.78. The Morgan fingerprint density at radius 3 is 2.96 bits per heavy atom. The van der Waals surface area contributed by atoms with Crippen LogP contribution in [-0.4, -0.2) is 37.5 Å². The maximum absolute atomic E-state index is 12.9. The van der Waals surface area contributed by atoms with Gasteiger partial charge in [-0.25, -0.2) is 18.7 Å². The molecule has 0 unspecified atom stereocenters. The van der Waals surface area contributed by atoms with Crippen LogP contribution in [0.2, 0.25) is 0 Å². The first-order valence-electron chi connectivity index (χ1n) is 8.77. The summed E-state index contributed by atoms with van der Waals surface area (Å²) in [6.07, 6.45) is 3.88. The molecule has 1 N–H and O–H groups in total. The van der Waals surface area contributed by atoms with Gasteiger partial charge in [-0.3, -0.25) is 9.69 Å². The topological polar surface area (TPSA) is 66.8 Å². The van der Waals surface area contributed by atoms with Crippen molar-refractivity contribution in [3.63, 3.8) is 0 Å². The number of hydrogen-bond acceptors (Lipinski definition) is 4. The lowest BCUT2D eigenvalue weighted by Crippen LogP contribution is -2.21. The first-order valence-corrected chi connectivity index (χ1v) is 8.77. The van der Waals surface area contributed by atoms with Crippen molar-refractivity contribution in [1.29, 1.82) is 0 Å². The second kappa shape index (κ2) is 7.40. The number of rotatable bonds is 5. The fourth-order valence-electron chi connectivity index (χ4n) is 3.48. The summed E-state index contributed by atoms with van der Waals surface area (Å²) in [5, 5.41) is 0. The molecule has 1 aliphatic rings. The van der Waals surface area contributed by atoms with Crippen molar-refractivity contribution in [1.82, 2.24) is 24.4 Å². The van der Waals surface area contributed by atoms with Gasteiger partial charge in [-0.2, -0.15) is 0 Å². The third-order valence-electron chi connectivity index (χ3n) is 4.79. The van der Waals surface area contributed by atoms with E-state index in [0.717, 1.165) is 37.7 Å². The maximum Gasteiger partial charge on any atom is 0.280 e. The molecule has 0 aliphatic carbocycles. The van der Waals surface area contributed by atoms with E-state index in [2.05, 4.69) is 24.4 Å². The van der Waals surface area contributed by atoms with Gasteiger partial charge in [0.2, 0.25) is 0 Å². The number of hydrogen-bond donors (Lipinski definition) is 1. The maximum atomic E-state index is 12.9. The summed E-state index contributed by atoms with van der Waals surface area (Å²) in [7, 11) is 0. The molecule has 0 spiro atoms. The highest BCUT2D eigenvalue weighted by Gasteiger charge is 2.23. The van der Waals surface area contributed by atoms with Gasteiger partial charge in [0.05, 0.1) is 6.33 Å². The van der Waals surface area contributed by atoms with Gasteiger partial charge in [-0.1, -0.05) is 18.2 Å². The number of H-pyrrole nitrogens is 1. The molecule has 1 aliphatic heterocycles. The van der Waals surface area contributed by atoms with Crippen LogP contribution in [0.4, 0.5) is 8.78 Å². The van der Waals surface area contributed by atoms with Crippen molar-refractivity contribution in [2.75, 3.05) is 13.1 Å². The molecule has 27 heavy (non-hydrogen) atoms. The number of benzene rings is 1. The first kappa shape index (κ1) is 17.5. The fraction of sp³-hybridized carbons (Fsp3) is 0.316.